The van der Waals surface area contributed by atoms with Gasteiger partial charge in [0.15, 0.2) is 11.0 Å². The van der Waals surface area contributed by atoms with Gasteiger partial charge in [-0.3, -0.25) is 9.59 Å². The zero-order chi connectivity index (χ0) is 24.7. The predicted octanol–water partition coefficient (Wildman–Crippen LogP) is 3.69. The molecule has 34 heavy (non-hydrogen) atoms. The van der Waals surface area contributed by atoms with Gasteiger partial charge in [0, 0.05) is 17.8 Å². The summed E-state index contributed by atoms with van der Waals surface area (Å²) in [5.74, 6) is -0.908. The van der Waals surface area contributed by atoms with Crippen molar-refractivity contribution in [3.8, 4) is 0 Å². The van der Waals surface area contributed by atoms with Crippen molar-refractivity contribution < 1.29 is 19.5 Å². The van der Waals surface area contributed by atoms with E-state index in [0.717, 1.165) is 5.56 Å². The van der Waals surface area contributed by atoms with Crippen molar-refractivity contribution in [2.45, 2.75) is 31.6 Å². The van der Waals surface area contributed by atoms with Crippen LogP contribution in [0.15, 0.2) is 66.3 Å². The van der Waals surface area contributed by atoms with Crippen LogP contribution in [0.4, 0.5) is 5.69 Å². The molecule has 0 aliphatic rings. The number of aromatic carboxylic acids is 1. The molecule has 1 heterocycles. The third kappa shape index (κ3) is 6.32. The maximum Gasteiger partial charge on any atom is 0.335 e. The fourth-order valence-corrected chi connectivity index (χ4v) is 3.86. The Labute approximate surface area is 201 Å². The molecule has 10 heteroatoms. The molecule has 1 atom stereocenters. The Morgan fingerprint density at radius 2 is 1.74 bits per heavy atom. The standard InChI is InChI=1S/C24H25N5O4S/c1-4-13-29-21(16(3)25-22(31)17-7-5-15(2)6-8-17)27-28-24(29)34-14-20(30)26-19-11-9-18(10-12-19)23(32)33/h4-12,16H,1,13-14H2,2-3H3,(H,25,31)(H,26,30)(H,32,33)/t16-/m0/s1. The summed E-state index contributed by atoms with van der Waals surface area (Å²) in [5.41, 5.74) is 2.26. The van der Waals surface area contributed by atoms with E-state index in [0.29, 0.717) is 28.8 Å². The van der Waals surface area contributed by atoms with Crippen LogP contribution in [0.3, 0.4) is 0 Å². The van der Waals surface area contributed by atoms with Crippen LogP contribution < -0.4 is 10.6 Å². The number of nitrogens with one attached hydrogen (secondary N) is 2. The molecule has 0 bridgehead atoms. The SMILES string of the molecule is C=CCn1c(SCC(=O)Nc2ccc(C(=O)O)cc2)nnc1[C@H](C)NC(=O)c1ccc(C)cc1. The lowest BCUT2D eigenvalue weighted by Gasteiger charge is -2.15. The Morgan fingerprint density at radius 1 is 1.09 bits per heavy atom. The number of aromatic nitrogens is 3. The van der Waals surface area contributed by atoms with Gasteiger partial charge < -0.3 is 20.3 Å². The lowest BCUT2D eigenvalue weighted by Crippen LogP contribution is -2.28. The van der Waals surface area contributed by atoms with Crippen molar-refractivity contribution in [3.05, 3.63) is 83.7 Å². The molecule has 2 aromatic carbocycles. The minimum absolute atomic E-state index is 0.0695. The average Bonchev–Trinajstić information content (AvgIpc) is 3.21. The van der Waals surface area contributed by atoms with Crippen molar-refractivity contribution in [2.75, 3.05) is 11.1 Å². The van der Waals surface area contributed by atoms with Crippen molar-refractivity contribution in [2.24, 2.45) is 0 Å². The van der Waals surface area contributed by atoms with E-state index in [9.17, 15) is 14.4 Å². The Morgan fingerprint density at radius 3 is 2.35 bits per heavy atom. The van der Waals surface area contributed by atoms with Gasteiger partial charge in [-0.1, -0.05) is 35.5 Å². The van der Waals surface area contributed by atoms with Crippen LogP contribution in [0.25, 0.3) is 0 Å². The number of thioether (sulfide) groups is 1. The molecule has 0 spiro atoms. The number of nitrogens with zero attached hydrogens (tertiary/aromatic N) is 3. The number of rotatable bonds is 10. The van der Waals surface area contributed by atoms with E-state index >= 15 is 0 Å². The maximum atomic E-state index is 12.6. The highest BCUT2D eigenvalue weighted by molar-refractivity contribution is 7.99. The number of aryl methyl sites for hydroxylation is 1. The fraction of sp³-hybridized carbons (Fsp3) is 0.208. The molecule has 0 aliphatic heterocycles. The van der Waals surface area contributed by atoms with E-state index in [4.69, 9.17) is 5.11 Å². The number of amides is 2. The number of hydrogen-bond acceptors (Lipinski definition) is 6. The molecule has 1 aromatic heterocycles. The Bertz CT molecular complexity index is 1190. The van der Waals surface area contributed by atoms with Crippen LogP contribution in [0.2, 0.25) is 0 Å². The summed E-state index contributed by atoms with van der Waals surface area (Å²) in [4.78, 5) is 35.9. The van der Waals surface area contributed by atoms with Gasteiger partial charge in [0.2, 0.25) is 5.91 Å². The average molecular weight is 480 g/mol. The first-order valence-electron chi connectivity index (χ1n) is 10.5. The molecule has 0 aliphatic carbocycles. The van der Waals surface area contributed by atoms with E-state index < -0.39 is 12.0 Å². The van der Waals surface area contributed by atoms with Gasteiger partial charge in [-0.25, -0.2) is 4.79 Å². The summed E-state index contributed by atoms with van der Waals surface area (Å²) < 4.78 is 1.80. The second kappa shape index (κ2) is 11.3. The van der Waals surface area contributed by atoms with Crippen LogP contribution in [0.1, 0.15) is 45.1 Å². The van der Waals surface area contributed by atoms with Gasteiger partial charge in [-0.2, -0.15) is 0 Å². The topological polar surface area (TPSA) is 126 Å². The molecule has 0 radical (unpaired) electrons. The number of carbonyl (C=O) groups excluding carboxylic acids is 2. The van der Waals surface area contributed by atoms with Crippen molar-refractivity contribution in [1.82, 2.24) is 20.1 Å². The van der Waals surface area contributed by atoms with Crippen molar-refractivity contribution in [3.63, 3.8) is 0 Å². The molecular formula is C24H25N5O4S. The smallest absolute Gasteiger partial charge is 0.335 e. The van der Waals surface area contributed by atoms with Crippen molar-refractivity contribution in [1.29, 1.82) is 0 Å². The second-order valence-corrected chi connectivity index (χ2v) is 8.46. The number of hydrogen-bond donors (Lipinski definition) is 3. The lowest BCUT2D eigenvalue weighted by molar-refractivity contribution is -0.113. The van der Waals surface area contributed by atoms with Crippen LogP contribution >= 0.6 is 11.8 Å². The van der Waals surface area contributed by atoms with E-state index in [1.165, 1.54) is 36.0 Å². The highest BCUT2D eigenvalue weighted by Crippen LogP contribution is 2.21. The maximum absolute atomic E-state index is 12.6. The monoisotopic (exact) mass is 479 g/mol. The summed E-state index contributed by atoms with van der Waals surface area (Å²) in [5, 5.41) is 23.5. The molecule has 9 nitrogen and oxygen atoms in total. The zero-order valence-electron chi connectivity index (χ0n) is 18.8. The predicted molar refractivity (Wildman–Crippen MR) is 130 cm³/mol. The van der Waals surface area contributed by atoms with E-state index in [1.54, 1.807) is 22.8 Å². The summed E-state index contributed by atoms with van der Waals surface area (Å²) in [6, 6.07) is 12.8. The van der Waals surface area contributed by atoms with E-state index in [1.807, 2.05) is 26.0 Å². The third-order valence-electron chi connectivity index (χ3n) is 4.85. The Hall–Kier alpha value is -3.92. The first-order chi connectivity index (χ1) is 16.3. The van der Waals surface area contributed by atoms with Gasteiger partial charge >= 0.3 is 5.97 Å². The second-order valence-electron chi connectivity index (χ2n) is 7.52. The Balaban J connectivity index is 1.63. The Kier molecular flexibility index (Phi) is 8.20. The van der Waals surface area contributed by atoms with Gasteiger partial charge in [-0.15, -0.1) is 16.8 Å². The van der Waals surface area contributed by atoms with Crippen molar-refractivity contribution >= 4 is 35.2 Å². The van der Waals surface area contributed by atoms with E-state index in [2.05, 4.69) is 27.4 Å². The fourth-order valence-electron chi connectivity index (χ4n) is 3.10. The number of carboxylic acid groups (broad SMARTS) is 1. The largest absolute Gasteiger partial charge is 0.478 e. The molecule has 3 N–H and O–H groups in total. The van der Waals surface area contributed by atoms with Gasteiger partial charge in [0.1, 0.15) is 0 Å². The highest BCUT2D eigenvalue weighted by Gasteiger charge is 2.20. The molecule has 0 saturated heterocycles. The molecule has 3 aromatic rings. The lowest BCUT2D eigenvalue weighted by atomic mass is 10.1. The van der Waals surface area contributed by atoms with Gasteiger partial charge in [0.05, 0.1) is 17.4 Å². The summed E-state index contributed by atoms with van der Waals surface area (Å²) in [6.07, 6.45) is 1.69. The molecule has 3 rings (SSSR count). The number of carbonyl (C=O) groups is 3. The third-order valence-corrected chi connectivity index (χ3v) is 5.82. The van der Waals surface area contributed by atoms with E-state index in [-0.39, 0.29) is 23.1 Å². The summed E-state index contributed by atoms with van der Waals surface area (Å²) >= 11 is 1.20. The number of allylic oxidation sites excluding steroid dienone is 1. The van der Waals surface area contributed by atoms with Crippen LogP contribution in [0, 0.1) is 6.92 Å². The molecule has 0 saturated carbocycles. The van der Waals surface area contributed by atoms with Crippen LogP contribution in [-0.4, -0.2) is 43.4 Å². The molecule has 0 fully saturated rings. The molecule has 176 valence electrons. The quantitative estimate of drug-likeness (QED) is 0.299. The van der Waals surface area contributed by atoms with Gasteiger partial charge in [0.25, 0.3) is 5.91 Å². The number of benzene rings is 2. The molecular weight excluding hydrogens is 454 g/mol. The number of carboxylic acids is 1. The molecule has 0 unspecified atom stereocenters. The van der Waals surface area contributed by atoms with Crippen LogP contribution in [0.5, 0.6) is 0 Å². The first kappa shape index (κ1) is 24.7. The number of anilines is 1. The first-order valence-corrected chi connectivity index (χ1v) is 11.4. The van der Waals surface area contributed by atoms with Gasteiger partial charge in [-0.05, 0) is 50.2 Å². The molecule has 2 amide bonds. The summed E-state index contributed by atoms with van der Waals surface area (Å²) in [6.45, 7) is 7.95. The van der Waals surface area contributed by atoms with Crippen LogP contribution in [-0.2, 0) is 11.3 Å². The normalized spacial score (nSPS) is 11.5. The zero-order valence-corrected chi connectivity index (χ0v) is 19.6. The minimum atomic E-state index is -1.03. The minimum Gasteiger partial charge on any atom is -0.478 e. The highest BCUT2D eigenvalue weighted by atomic mass is 32.2. The summed E-state index contributed by atoms with van der Waals surface area (Å²) in [7, 11) is 0.